The number of likely N-dealkylation sites (N-methyl/N-ethyl adjacent to an activating group) is 1. The van der Waals surface area contributed by atoms with Gasteiger partial charge < -0.3 is 19.7 Å². The molecule has 1 aliphatic heterocycles. The van der Waals surface area contributed by atoms with E-state index in [4.69, 9.17) is 32.7 Å². The Hall–Kier alpha value is -3.43. The molecule has 1 N–H and O–H groups in total. The molecule has 0 spiro atoms. The van der Waals surface area contributed by atoms with E-state index < -0.39 is 0 Å². The Bertz CT molecular complexity index is 1490. The first-order chi connectivity index (χ1) is 19.4. The minimum Gasteiger partial charge on any atom is -0.495 e. The van der Waals surface area contributed by atoms with Crippen molar-refractivity contribution in [2.75, 3.05) is 52.3 Å². The molecule has 0 unspecified atom stereocenters. The zero-order valence-corrected chi connectivity index (χ0v) is 24.2. The summed E-state index contributed by atoms with van der Waals surface area (Å²) in [5, 5.41) is 3.61. The number of methoxy groups -OCH3 is 2. The highest BCUT2D eigenvalue weighted by Crippen LogP contribution is 2.47. The van der Waals surface area contributed by atoms with Crippen LogP contribution in [0, 0.1) is 0 Å². The van der Waals surface area contributed by atoms with Crippen LogP contribution in [0.4, 0.5) is 5.69 Å². The summed E-state index contributed by atoms with van der Waals surface area (Å²) in [4.78, 5) is 27.3. The summed E-state index contributed by atoms with van der Waals surface area (Å²) in [6.07, 6.45) is 3.11. The van der Waals surface area contributed by atoms with E-state index in [1.807, 2.05) is 12.1 Å². The van der Waals surface area contributed by atoms with E-state index >= 15 is 0 Å². The molecule has 0 radical (unpaired) electrons. The number of piperazine rings is 1. The van der Waals surface area contributed by atoms with Crippen molar-refractivity contribution in [2.45, 2.75) is 13.5 Å². The van der Waals surface area contributed by atoms with E-state index in [1.165, 1.54) is 19.8 Å². The highest BCUT2D eigenvalue weighted by molar-refractivity contribution is 6.41. The Labute approximate surface area is 243 Å². The monoisotopic (exact) mass is 579 g/mol. The number of hydrogen-bond acceptors (Lipinski definition) is 7. The lowest BCUT2D eigenvalue weighted by molar-refractivity contribution is 0.102. The molecule has 8 nitrogen and oxygen atoms in total. The van der Waals surface area contributed by atoms with Crippen LogP contribution in [0.2, 0.25) is 10.0 Å². The van der Waals surface area contributed by atoms with Gasteiger partial charge in [0.15, 0.2) is 0 Å². The molecule has 0 aliphatic carbocycles. The van der Waals surface area contributed by atoms with Gasteiger partial charge in [0.2, 0.25) is 0 Å². The fourth-order valence-corrected chi connectivity index (χ4v) is 5.68. The second kappa shape index (κ2) is 12.4. The smallest absolute Gasteiger partial charge is 0.257 e. The molecule has 2 heterocycles. The number of rotatable bonds is 8. The van der Waals surface area contributed by atoms with Crippen molar-refractivity contribution < 1.29 is 14.3 Å². The molecule has 40 heavy (non-hydrogen) atoms. The molecule has 5 rings (SSSR count). The number of carbonyl (C=O) groups is 1. The van der Waals surface area contributed by atoms with Crippen molar-refractivity contribution in [3.8, 4) is 22.6 Å². The van der Waals surface area contributed by atoms with Crippen molar-refractivity contribution >= 4 is 45.8 Å². The summed E-state index contributed by atoms with van der Waals surface area (Å²) in [5.74, 6) is 0.521. The van der Waals surface area contributed by atoms with Crippen molar-refractivity contribution in [3.63, 3.8) is 0 Å². The fraction of sp³-hybridized carbons (Fsp3) is 0.300. The van der Waals surface area contributed by atoms with Crippen LogP contribution in [-0.4, -0.2) is 72.6 Å². The Morgan fingerprint density at radius 2 is 1.48 bits per heavy atom. The predicted molar refractivity (Wildman–Crippen MR) is 160 cm³/mol. The molecule has 3 aromatic carbocycles. The summed E-state index contributed by atoms with van der Waals surface area (Å²) < 4.78 is 10.9. The van der Waals surface area contributed by atoms with Gasteiger partial charge in [-0.15, -0.1) is 0 Å². The van der Waals surface area contributed by atoms with E-state index in [0.29, 0.717) is 55.0 Å². The average Bonchev–Trinajstić information content (AvgIpc) is 2.98. The van der Waals surface area contributed by atoms with Gasteiger partial charge in [0, 0.05) is 68.0 Å². The van der Waals surface area contributed by atoms with Gasteiger partial charge in [-0.2, -0.15) is 0 Å². The lowest BCUT2D eigenvalue weighted by atomic mass is 9.99. The normalized spacial score (nSPS) is 14.3. The number of amides is 1. The van der Waals surface area contributed by atoms with Crippen LogP contribution >= 0.6 is 23.2 Å². The van der Waals surface area contributed by atoms with E-state index in [2.05, 4.69) is 44.1 Å². The number of hydrogen-bond donors (Lipinski definition) is 1. The van der Waals surface area contributed by atoms with Crippen LogP contribution < -0.4 is 14.8 Å². The highest BCUT2D eigenvalue weighted by atomic mass is 35.5. The van der Waals surface area contributed by atoms with E-state index in [1.54, 1.807) is 30.6 Å². The molecule has 0 bridgehead atoms. The first-order valence-corrected chi connectivity index (χ1v) is 13.9. The Morgan fingerprint density at radius 3 is 2.08 bits per heavy atom. The fourth-order valence-electron chi connectivity index (χ4n) is 4.98. The standard InChI is InChI=1S/C30H31Cl2N5O3/c1-4-36-13-15-37(16-14-36)18-19-5-7-20(8-6-19)35-30(38)22-10-9-21(28-29(22)34-12-11-33-28)25-26(31)23(39-2)17-24(40-3)27(25)32/h5-12,17H,4,13-16,18H2,1-3H3,(H,35,38). The number of fused-ring (bicyclic) bond motifs is 1. The van der Waals surface area contributed by atoms with Gasteiger partial charge in [0.05, 0.1) is 35.3 Å². The van der Waals surface area contributed by atoms with Gasteiger partial charge in [-0.3, -0.25) is 19.7 Å². The number of aromatic nitrogens is 2. The van der Waals surface area contributed by atoms with Gasteiger partial charge in [-0.05, 0) is 30.3 Å². The second-order valence-electron chi connectivity index (χ2n) is 9.56. The zero-order chi connectivity index (χ0) is 28.2. The zero-order valence-electron chi connectivity index (χ0n) is 22.7. The SMILES string of the molecule is CCN1CCN(Cc2ccc(NC(=O)c3ccc(-c4c(Cl)c(OC)cc(OC)c4Cl)c4nccnc34)cc2)CC1. The number of nitrogens with one attached hydrogen (secondary N) is 1. The van der Waals surface area contributed by atoms with Crippen LogP contribution in [-0.2, 0) is 6.54 Å². The van der Waals surface area contributed by atoms with Crippen molar-refractivity contribution in [3.05, 3.63) is 76.0 Å². The minimum absolute atomic E-state index is 0.291. The van der Waals surface area contributed by atoms with Crippen molar-refractivity contribution in [1.29, 1.82) is 0 Å². The third kappa shape index (κ3) is 5.71. The summed E-state index contributed by atoms with van der Waals surface area (Å²) >= 11 is 13.4. The third-order valence-corrected chi connectivity index (χ3v) is 7.99. The first kappa shape index (κ1) is 28.1. The molecular formula is C30H31Cl2N5O3. The summed E-state index contributed by atoms with van der Waals surface area (Å²) in [5.41, 5.74) is 4.30. The summed E-state index contributed by atoms with van der Waals surface area (Å²) in [6, 6.07) is 13.1. The molecule has 1 aliphatic rings. The molecule has 10 heteroatoms. The van der Waals surface area contributed by atoms with Crippen molar-refractivity contribution in [1.82, 2.24) is 19.8 Å². The lowest BCUT2D eigenvalue weighted by Crippen LogP contribution is -2.45. The Morgan fingerprint density at radius 1 is 0.875 bits per heavy atom. The molecule has 1 fully saturated rings. The predicted octanol–water partition coefficient (Wildman–Crippen LogP) is 6.01. The molecule has 1 aromatic heterocycles. The molecule has 208 valence electrons. The van der Waals surface area contributed by atoms with Gasteiger partial charge in [0.1, 0.15) is 17.0 Å². The lowest BCUT2D eigenvalue weighted by Gasteiger charge is -2.34. The topological polar surface area (TPSA) is 79.8 Å². The second-order valence-corrected chi connectivity index (χ2v) is 10.3. The van der Waals surface area contributed by atoms with Gasteiger partial charge in [-0.1, -0.05) is 48.3 Å². The van der Waals surface area contributed by atoms with Crippen LogP contribution in [0.1, 0.15) is 22.8 Å². The number of benzene rings is 3. The Balaban J connectivity index is 1.39. The van der Waals surface area contributed by atoms with E-state index in [0.717, 1.165) is 39.3 Å². The van der Waals surface area contributed by atoms with Crippen LogP contribution in [0.3, 0.4) is 0 Å². The van der Waals surface area contributed by atoms with Crippen molar-refractivity contribution in [2.24, 2.45) is 0 Å². The maximum atomic E-state index is 13.4. The molecule has 1 saturated heterocycles. The highest BCUT2D eigenvalue weighted by Gasteiger charge is 2.23. The molecular weight excluding hydrogens is 549 g/mol. The molecule has 0 saturated carbocycles. The quantitative estimate of drug-likeness (QED) is 0.274. The average molecular weight is 581 g/mol. The minimum atomic E-state index is -0.291. The van der Waals surface area contributed by atoms with E-state index in [-0.39, 0.29) is 5.91 Å². The number of carbonyl (C=O) groups excluding carboxylic acids is 1. The van der Waals surface area contributed by atoms with Crippen LogP contribution in [0.5, 0.6) is 11.5 Å². The summed E-state index contributed by atoms with van der Waals surface area (Å²) in [6.45, 7) is 8.53. The van der Waals surface area contributed by atoms with Gasteiger partial charge in [0.25, 0.3) is 5.91 Å². The number of nitrogens with zero attached hydrogens (tertiary/aromatic N) is 4. The van der Waals surface area contributed by atoms with Crippen LogP contribution in [0.15, 0.2) is 54.9 Å². The number of anilines is 1. The molecule has 1 amide bonds. The molecule has 4 aromatic rings. The third-order valence-electron chi connectivity index (χ3n) is 7.24. The summed E-state index contributed by atoms with van der Waals surface area (Å²) in [7, 11) is 3.04. The maximum Gasteiger partial charge on any atom is 0.257 e. The van der Waals surface area contributed by atoms with E-state index in [9.17, 15) is 4.79 Å². The van der Waals surface area contributed by atoms with Gasteiger partial charge >= 0.3 is 0 Å². The first-order valence-electron chi connectivity index (χ1n) is 13.1. The Kier molecular flexibility index (Phi) is 8.71. The van der Waals surface area contributed by atoms with Gasteiger partial charge in [-0.25, -0.2) is 0 Å². The molecule has 0 atom stereocenters. The van der Waals surface area contributed by atoms with Crippen LogP contribution in [0.25, 0.3) is 22.2 Å². The number of halogens is 2. The maximum absolute atomic E-state index is 13.4. The number of ether oxygens (including phenoxy) is 2. The largest absolute Gasteiger partial charge is 0.495 e.